The molecule has 0 saturated carbocycles. The summed E-state index contributed by atoms with van der Waals surface area (Å²) in [6.07, 6.45) is 3.78. The summed E-state index contributed by atoms with van der Waals surface area (Å²) >= 11 is 0. The van der Waals surface area contributed by atoms with Crippen molar-refractivity contribution in [1.29, 1.82) is 0 Å². The predicted octanol–water partition coefficient (Wildman–Crippen LogP) is 2.27. The van der Waals surface area contributed by atoms with Crippen LogP contribution in [0.25, 0.3) is 0 Å². The van der Waals surface area contributed by atoms with Crippen LogP contribution in [0.2, 0.25) is 0 Å². The summed E-state index contributed by atoms with van der Waals surface area (Å²) < 4.78 is 5.12. The number of phenolic OH excluding ortho intramolecular Hbond substituents is 1. The van der Waals surface area contributed by atoms with Gasteiger partial charge in [0.2, 0.25) is 11.8 Å². The summed E-state index contributed by atoms with van der Waals surface area (Å²) in [5.74, 6) is 1.52. The largest absolute Gasteiger partial charge is 0.508 e. The fourth-order valence-corrected chi connectivity index (χ4v) is 2.86. The zero-order chi connectivity index (χ0) is 16.1. The highest BCUT2D eigenvalue weighted by molar-refractivity contribution is 5.29. The lowest BCUT2D eigenvalue weighted by Gasteiger charge is -2.32. The monoisotopic (exact) mass is 314 g/mol. The Hall–Kier alpha value is -2.34. The standard InChI is InChI=1S/C17H22N4O2/c1-23-16-5-8-18-17(20-16)19-14-6-9-21(10-7-14)12-13-3-2-4-15(22)11-13/h2-5,8,11,14,22H,6-7,9-10,12H2,1H3,(H,18,19,20). The van der Waals surface area contributed by atoms with Crippen molar-refractivity contribution in [1.82, 2.24) is 14.9 Å². The van der Waals surface area contributed by atoms with E-state index in [4.69, 9.17) is 4.74 Å². The summed E-state index contributed by atoms with van der Waals surface area (Å²) in [6.45, 7) is 2.89. The Morgan fingerprint density at radius 2 is 2.13 bits per heavy atom. The van der Waals surface area contributed by atoms with Crippen molar-refractivity contribution in [3.8, 4) is 11.6 Å². The van der Waals surface area contributed by atoms with Crippen molar-refractivity contribution in [2.75, 3.05) is 25.5 Å². The van der Waals surface area contributed by atoms with Gasteiger partial charge in [-0.05, 0) is 30.5 Å². The van der Waals surface area contributed by atoms with E-state index in [0.717, 1.165) is 38.0 Å². The molecule has 23 heavy (non-hydrogen) atoms. The van der Waals surface area contributed by atoms with Crippen LogP contribution < -0.4 is 10.1 Å². The van der Waals surface area contributed by atoms with Crippen LogP contribution in [-0.4, -0.2) is 46.2 Å². The van der Waals surface area contributed by atoms with Gasteiger partial charge in [-0.25, -0.2) is 4.98 Å². The summed E-state index contributed by atoms with van der Waals surface area (Å²) in [5.41, 5.74) is 1.15. The Balaban J connectivity index is 1.50. The van der Waals surface area contributed by atoms with Crippen LogP contribution in [0.1, 0.15) is 18.4 Å². The van der Waals surface area contributed by atoms with Crippen LogP contribution in [-0.2, 0) is 6.54 Å². The van der Waals surface area contributed by atoms with Gasteiger partial charge in [-0.2, -0.15) is 4.98 Å². The summed E-state index contributed by atoms with van der Waals surface area (Å²) in [5, 5.41) is 12.9. The molecule has 1 saturated heterocycles. The van der Waals surface area contributed by atoms with E-state index < -0.39 is 0 Å². The van der Waals surface area contributed by atoms with Crippen molar-refractivity contribution >= 4 is 5.95 Å². The number of likely N-dealkylation sites (tertiary alicyclic amines) is 1. The second kappa shape index (κ2) is 7.28. The number of aromatic nitrogens is 2. The predicted molar refractivity (Wildman–Crippen MR) is 88.6 cm³/mol. The lowest BCUT2D eigenvalue weighted by Crippen LogP contribution is -2.38. The number of methoxy groups -OCH3 is 1. The molecule has 6 nitrogen and oxygen atoms in total. The maximum absolute atomic E-state index is 9.54. The zero-order valence-electron chi connectivity index (χ0n) is 13.3. The number of ether oxygens (including phenoxy) is 1. The number of nitrogens with zero attached hydrogens (tertiary/aromatic N) is 3. The molecule has 2 heterocycles. The fourth-order valence-electron chi connectivity index (χ4n) is 2.86. The molecule has 1 aliphatic rings. The van der Waals surface area contributed by atoms with Gasteiger partial charge in [0.1, 0.15) is 5.75 Å². The quantitative estimate of drug-likeness (QED) is 0.882. The molecule has 0 spiro atoms. The molecule has 0 aliphatic carbocycles. The minimum atomic E-state index is 0.328. The number of anilines is 1. The molecule has 1 fully saturated rings. The Kier molecular flexibility index (Phi) is 4.92. The lowest BCUT2D eigenvalue weighted by molar-refractivity contribution is 0.211. The van der Waals surface area contributed by atoms with Gasteiger partial charge in [0.25, 0.3) is 0 Å². The minimum Gasteiger partial charge on any atom is -0.508 e. The smallest absolute Gasteiger partial charge is 0.226 e. The fraction of sp³-hybridized carbons (Fsp3) is 0.412. The number of nitrogens with one attached hydrogen (secondary N) is 1. The summed E-state index contributed by atoms with van der Waals surface area (Å²) in [6, 6.07) is 9.58. The van der Waals surface area contributed by atoms with Crippen molar-refractivity contribution in [2.24, 2.45) is 0 Å². The first-order chi connectivity index (χ1) is 11.2. The second-order valence-electron chi connectivity index (χ2n) is 5.79. The second-order valence-corrected chi connectivity index (χ2v) is 5.79. The highest BCUT2D eigenvalue weighted by Crippen LogP contribution is 2.19. The normalized spacial score (nSPS) is 16.2. The molecule has 1 aromatic carbocycles. The van der Waals surface area contributed by atoms with E-state index in [1.54, 1.807) is 25.4 Å². The molecule has 1 aliphatic heterocycles. The minimum absolute atomic E-state index is 0.328. The maximum Gasteiger partial charge on any atom is 0.226 e. The van der Waals surface area contributed by atoms with Gasteiger partial charge in [0, 0.05) is 37.9 Å². The summed E-state index contributed by atoms with van der Waals surface area (Å²) in [4.78, 5) is 10.9. The van der Waals surface area contributed by atoms with E-state index in [1.165, 1.54) is 0 Å². The number of hydrogen-bond donors (Lipinski definition) is 2. The molecule has 2 aromatic rings. The zero-order valence-corrected chi connectivity index (χ0v) is 13.3. The number of aromatic hydroxyl groups is 1. The van der Waals surface area contributed by atoms with Crippen LogP contribution in [0.3, 0.4) is 0 Å². The highest BCUT2D eigenvalue weighted by atomic mass is 16.5. The van der Waals surface area contributed by atoms with E-state index in [1.807, 2.05) is 18.2 Å². The Bertz CT molecular complexity index is 642. The average Bonchev–Trinajstić information content (AvgIpc) is 2.57. The third kappa shape index (κ3) is 4.32. The number of benzene rings is 1. The topological polar surface area (TPSA) is 70.5 Å². The van der Waals surface area contributed by atoms with E-state index in [0.29, 0.717) is 23.6 Å². The first-order valence-electron chi connectivity index (χ1n) is 7.87. The molecule has 3 rings (SSSR count). The van der Waals surface area contributed by atoms with Gasteiger partial charge in [-0.3, -0.25) is 4.90 Å². The van der Waals surface area contributed by atoms with Crippen LogP contribution in [0.5, 0.6) is 11.6 Å². The molecular weight excluding hydrogens is 292 g/mol. The molecule has 6 heteroatoms. The van der Waals surface area contributed by atoms with Crippen LogP contribution >= 0.6 is 0 Å². The molecule has 2 N–H and O–H groups in total. The first kappa shape index (κ1) is 15.6. The van der Waals surface area contributed by atoms with Gasteiger partial charge in [0.05, 0.1) is 7.11 Å². The van der Waals surface area contributed by atoms with Gasteiger partial charge < -0.3 is 15.2 Å². The molecule has 0 bridgehead atoms. The molecule has 0 unspecified atom stereocenters. The van der Waals surface area contributed by atoms with E-state index in [2.05, 4.69) is 20.2 Å². The molecule has 1 aromatic heterocycles. The molecule has 0 radical (unpaired) electrons. The average molecular weight is 314 g/mol. The molecule has 0 amide bonds. The Morgan fingerprint density at radius 3 is 2.87 bits per heavy atom. The number of phenols is 1. The molecule has 122 valence electrons. The summed E-state index contributed by atoms with van der Waals surface area (Å²) in [7, 11) is 1.60. The van der Waals surface area contributed by atoms with Crippen molar-refractivity contribution < 1.29 is 9.84 Å². The van der Waals surface area contributed by atoms with Crippen molar-refractivity contribution in [3.05, 3.63) is 42.1 Å². The molecule has 0 atom stereocenters. The van der Waals surface area contributed by atoms with Crippen molar-refractivity contribution in [3.63, 3.8) is 0 Å². The van der Waals surface area contributed by atoms with Gasteiger partial charge in [-0.15, -0.1) is 0 Å². The number of rotatable bonds is 5. The lowest BCUT2D eigenvalue weighted by atomic mass is 10.0. The Morgan fingerprint density at radius 1 is 1.30 bits per heavy atom. The van der Waals surface area contributed by atoms with Gasteiger partial charge in [-0.1, -0.05) is 12.1 Å². The third-order valence-corrected chi connectivity index (χ3v) is 4.08. The van der Waals surface area contributed by atoms with Crippen LogP contribution in [0.4, 0.5) is 5.95 Å². The van der Waals surface area contributed by atoms with E-state index >= 15 is 0 Å². The molecular formula is C17H22N4O2. The first-order valence-corrected chi connectivity index (χ1v) is 7.87. The van der Waals surface area contributed by atoms with Gasteiger partial charge in [0.15, 0.2) is 0 Å². The van der Waals surface area contributed by atoms with E-state index in [-0.39, 0.29) is 0 Å². The third-order valence-electron chi connectivity index (χ3n) is 4.08. The number of hydrogen-bond acceptors (Lipinski definition) is 6. The number of piperidine rings is 1. The van der Waals surface area contributed by atoms with Crippen molar-refractivity contribution in [2.45, 2.75) is 25.4 Å². The maximum atomic E-state index is 9.54. The highest BCUT2D eigenvalue weighted by Gasteiger charge is 2.20. The SMILES string of the molecule is COc1ccnc(NC2CCN(Cc3cccc(O)c3)CC2)n1. The van der Waals surface area contributed by atoms with Gasteiger partial charge >= 0.3 is 0 Å². The van der Waals surface area contributed by atoms with Crippen LogP contribution in [0, 0.1) is 0 Å². The van der Waals surface area contributed by atoms with Crippen LogP contribution in [0.15, 0.2) is 36.5 Å². The Labute approximate surface area is 136 Å². The van der Waals surface area contributed by atoms with E-state index in [9.17, 15) is 5.11 Å².